The van der Waals surface area contributed by atoms with Crippen LogP contribution in [0.4, 0.5) is 5.69 Å². The topological polar surface area (TPSA) is 86.8 Å². The third kappa shape index (κ3) is 8.29. The number of hydrogen-bond donors (Lipinski definition) is 1. The highest BCUT2D eigenvalue weighted by atomic mass is 35.5. The first-order valence-corrected chi connectivity index (χ1v) is 17.5. The second kappa shape index (κ2) is 15.2. The number of halogens is 2. The van der Waals surface area contributed by atoms with Gasteiger partial charge in [0.25, 0.3) is 10.0 Å². The SMILES string of the molecule is Cc1ccc(Cl)cc1N(CC(=O)N(Cc1ccc(Cl)cc1)C(Cc1ccccc1)C(=O)NC1CCCC1)S(=O)(=O)c1ccccc1. The van der Waals surface area contributed by atoms with Crippen LogP contribution in [0, 0.1) is 6.92 Å². The molecule has 4 aromatic rings. The Labute approximate surface area is 281 Å². The number of amides is 2. The van der Waals surface area contributed by atoms with E-state index in [-0.39, 0.29) is 35.5 Å². The molecule has 240 valence electrons. The van der Waals surface area contributed by atoms with Crippen LogP contribution >= 0.6 is 23.2 Å². The van der Waals surface area contributed by atoms with Crippen molar-refractivity contribution in [1.29, 1.82) is 0 Å². The van der Waals surface area contributed by atoms with Crippen LogP contribution in [-0.2, 0) is 32.6 Å². The number of anilines is 1. The van der Waals surface area contributed by atoms with Gasteiger partial charge in [-0.05, 0) is 72.9 Å². The van der Waals surface area contributed by atoms with Gasteiger partial charge in [0.05, 0.1) is 10.6 Å². The summed E-state index contributed by atoms with van der Waals surface area (Å²) in [5.41, 5.74) is 2.54. The van der Waals surface area contributed by atoms with Crippen molar-refractivity contribution >= 4 is 50.7 Å². The molecule has 4 aromatic carbocycles. The van der Waals surface area contributed by atoms with Crippen LogP contribution in [0.25, 0.3) is 0 Å². The van der Waals surface area contributed by atoms with E-state index >= 15 is 0 Å². The minimum atomic E-state index is -4.21. The Balaban J connectivity index is 1.58. The lowest BCUT2D eigenvalue weighted by atomic mass is 10.0. The minimum absolute atomic E-state index is 0.0299. The summed E-state index contributed by atoms with van der Waals surface area (Å²) in [6, 6.07) is 28.6. The first-order valence-electron chi connectivity index (χ1n) is 15.3. The van der Waals surface area contributed by atoms with Crippen LogP contribution in [0.3, 0.4) is 0 Å². The molecule has 1 unspecified atom stereocenters. The zero-order valence-electron chi connectivity index (χ0n) is 25.6. The Morgan fingerprint density at radius 1 is 0.826 bits per heavy atom. The van der Waals surface area contributed by atoms with E-state index in [2.05, 4.69) is 5.32 Å². The molecule has 0 aromatic heterocycles. The van der Waals surface area contributed by atoms with E-state index in [0.717, 1.165) is 41.1 Å². The molecule has 10 heteroatoms. The maximum Gasteiger partial charge on any atom is 0.264 e. The average Bonchev–Trinajstić information content (AvgIpc) is 3.57. The van der Waals surface area contributed by atoms with Crippen molar-refractivity contribution in [3.05, 3.63) is 130 Å². The van der Waals surface area contributed by atoms with Gasteiger partial charge in [0.2, 0.25) is 11.8 Å². The maximum atomic E-state index is 14.6. The predicted molar refractivity (Wildman–Crippen MR) is 183 cm³/mol. The molecule has 1 atom stereocenters. The highest BCUT2D eigenvalue weighted by Gasteiger charge is 2.36. The molecule has 0 radical (unpaired) electrons. The molecule has 7 nitrogen and oxygen atoms in total. The standard InChI is InChI=1S/C36H37Cl2N3O4S/c1-26-16-19-30(38)23-33(26)41(46(44,45)32-14-6-3-7-15-32)25-35(42)40(24-28-17-20-29(37)21-18-28)34(22-27-10-4-2-5-11-27)36(43)39-31-12-8-9-13-31/h2-7,10-11,14-21,23,31,34H,8-9,12-13,22,24-25H2,1H3,(H,39,43). The second-order valence-corrected chi connectivity index (χ2v) is 14.3. The number of rotatable bonds is 12. The van der Waals surface area contributed by atoms with Crippen molar-refractivity contribution in [2.45, 2.75) is 62.6 Å². The molecule has 0 aliphatic heterocycles. The summed E-state index contributed by atoms with van der Waals surface area (Å²) in [7, 11) is -4.21. The third-order valence-corrected chi connectivity index (χ3v) is 10.5. The van der Waals surface area contributed by atoms with Crippen molar-refractivity contribution in [2.24, 2.45) is 0 Å². The molecule has 1 N–H and O–H groups in total. The van der Waals surface area contributed by atoms with Crippen LogP contribution < -0.4 is 9.62 Å². The highest BCUT2D eigenvalue weighted by Crippen LogP contribution is 2.30. The van der Waals surface area contributed by atoms with Gasteiger partial charge in [0.1, 0.15) is 12.6 Å². The van der Waals surface area contributed by atoms with E-state index in [0.29, 0.717) is 15.6 Å². The van der Waals surface area contributed by atoms with Crippen LogP contribution in [-0.4, -0.2) is 43.8 Å². The normalized spacial score (nSPS) is 14.1. The van der Waals surface area contributed by atoms with Crippen molar-refractivity contribution in [1.82, 2.24) is 10.2 Å². The van der Waals surface area contributed by atoms with Crippen LogP contribution in [0.2, 0.25) is 10.0 Å². The highest BCUT2D eigenvalue weighted by molar-refractivity contribution is 7.92. The number of nitrogens with zero attached hydrogens (tertiary/aromatic N) is 2. The van der Waals surface area contributed by atoms with Gasteiger partial charge in [-0.1, -0.05) is 103 Å². The van der Waals surface area contributed by atoms with Gasteiger partial charge in [-0.25, -0.2) is 8.42 Å². The van der Waals surface area contributed by atoms with E-state index in [1.807, 2.05) is 30.3 Å². The number of carbonyl (C=O) groups excluding carboxylic acids is 2. The van der Waals surface area contributed by atoms with Gasteiger partial charge < -0.3 is 10.2 Å². The molecule has 0 saturated heterocycles. The van der Waals surface area contributed by atoms with Gasteiger partial charge in [-0.15, -0.1) is 0 Å². The zero-order valence-corrected chi connectivity index (χ0v) is 27.9. The van der Waals surface area contributed by atoms with Gasteiger partial charge in [-0.3, -0.25) is 13.9 Å². The largest absolute Gasteiger partial charge is 0.352 e. The fourth-order valence-corrected chi connectivity index (χ4v) is 7.58. The Morgan fingerprint density at radius 3 is 2.09 bits per heavy atom. The lowest BCUT2D eigenvalue weighted by molar-refractivity contribution is -0.140. The molecular weight excluding hydrogens is 641 g/mol. The van der Waals surface area contributed by atoms with E-state index in [4.69, 9.17) is 23.2 Å². The van der Waals surface area contributed by atoms with Crippen LogP contribution in [0.1, 0.15) is 42.4 Å². The minimum Gasteiger partial charge on any atom is -0.352 e. The van der Waals surface area contributed by atoms with Crippen LogP contribution in [0.15, 0.2) is 108 Å². The monoisotopic (exact) mass is 677 g/mol. The maximum absolute atomic E-state index is 14.6. The van der Waals surface area contributed by atoms with Gasteiger partial charge >= 0.3 is 0 Å². The van der Waals surface area contributed by atoms with Crippen LogP contribution in [0.5, 0.6) is 0 Å². The number of aryl methyl sites for hydroxylation is 1. The van der Waals surface area contributed by atoms with E-state index < -0.39 is 28.5 Å². The van der Waals surface area contributed by atoms with Crippen molar-refractivity contribution < 1.29 is 18.0 Å². The molecule has 0 bridgehead atoms. The molecule has 0 heterocycles. The van der Waals surface area contributed by atoms with Crippen molar-refractivity contribution in [2.75, 3.05) is 10.8 Å². The van der Waals surface area contributed by atoms with E-state index in [1.165, 1.54) is 17.0 Å². The zero-order chi connectivity index (χ0) is 32.7. The summed E-state index contributed by atoms with van der Waals surface area (Å²) in [4.78, 5) is 30.2. The van der Waals surface area contributed by atoms with Gasteiger partial charge in [0, 0.05) is 29.1 Å². The Bertz CT molecular complexity index is 1750. The number of hydrogen-bond acceptors (Lipinski definition) is 4. The molecule has 5 rings (SSSR count). The summed E-state index contributed by atoms with van der Waals surface area (Å²) >= 11 is 12.5. The Kier molecular flexibility index (Phi) is 11.0. The molecule has 1 fully saturated rings. The van der Waals surface area contributed by atoms with Gasteiger partial charge in [-0.2, -0.15) is 0 Å². The lowest BCUT2D eigenvalue weighted by Crippen LogP contribution is -2.54. The fourth-order valence-electron chi connectivity index (χ4n) is 5.79. The summed E-state index contributed by atoms with van der Waals surface area (Å²) in [5, 5.41) is 4.05. The number of carbonyl (C=O) groups is 2. The molecule has 46 heavy (non-hydrogen) atoms. The molecule has 2 amide bonds. The molecule has 0 spiro atoms. The predicted octanol–water partition coefficient (Wildman–Crippen LogP) is 7.20. The quantitative estimate of drug-likeness (QED) is 0.172. The third-order valence-electron chi connectivity index (χ3n) is 8.29. The van der Waals surface area contributed by atoms with Crippen molar-refractivity contribution in [3.63, 3.8) is 0 Å². The number of nitrogens with one attached hydrogen (secondary N) is 1. The Hall–Kier alpha value is -3.85. The molecule has 1 aliphatic carbocycles. The molecule has 1 saturated carbocycles. The lowest BCUT2D eigenvalue weighted by Gasteiger charge is -2.34. The summed E-state index contributed by atoms with van der Waals surface area (Å²) in [5.74, 6) is -0.800. The number of benzene rings is 4. The first kappa shape index (κ1) is 33.5. The second-order valence-electron chi connectivity index (χ2n) is 11.6. The van der Waals surface area contributed by atoms with Gasteiger partial charge in [0.15, 0.2) is 0 Å². The summed E-state index contributed by atoms with van der Waals surface area (Å²) in [6.07, 6.45) is 4.08. The number of sulfonamides is 1. The summed E-state index contributed by atoms with van der Waals surface area (Å²) < 4.78 is 29.5. The molecular formula is C36H37Cl2N3O4S. The first-order chi connectivity index (χ1) is 22.1. The Morgan fingerprint density at radius 2 is 1.43 bits per heavy atom. The average molecular weight is 679 g/mol. The fraction of sp³-hybridized carbons (Fsp3) is 0.278. The molecule has 1 aliphatic rings. The smallest absolute Gasteiger partial charge is 0.264 e. The van der Waals surface area contributed by atoms with E-state index in [1.54, 1.807) is 67.6 Å². The van der Waals surface area contributed by atoms with E-state index in [9.17, 15) is 18.0 Å². The van der Waals surface area contributed by atoms with Crippen molar-refractivity contribution in [3.8, 4) is 0 Å². The summed E-state index contributed by atoms with van der Waals surface area (Å²) in [6.45, 7) is 1.29.